The van der Waals surface area contributed by atoms with Gasteiger partial charge in [-0.3, -0.25) is 0 Å². The van der Waals surface area contributed by atoms with Gasteiger partial charge in [0.25, 0.3) is 0 Å². The van der Waals surface area contributed by atoms with Crippen LogP contribution in [0.15, 0.2) is 35.7 Å². The zero-order valence-electron chi connectivity index (χ0n) is 10.8. The minimum absolute atomic E-state index is 0.244. The summed E-state index contributed by atoms with van der Waals surface area (Å²) in [4.78, 5) is 1.56. The van der Waals surface area contributed by atoms with Crippen LogP contribution in [0.5, 0.6) is 0 Å². The number of thiophene rings is 1. The van der Waals surface area contributed by atoms with Gasteiger partial charge in [0.2, 0.25) is 0 Å². The van der Waals surface area contributed by atoms with E-state index in [1.807, 2.05) is 11.3 Å². The van der Waals surface area contributed by atoms with Crippen molar-refractivity contribution in [2.45, 2.75) is 37.6 Å². The molecule has 0 radical (unpaired) electrons. The standard InChI is InChI=1S/C16H18INS/c17-12-6-4-11(5-7-12)10-15(18)13-2-1-3-16-14(13)8-9-19-16/h4-9,13,15H,1-3,10,18H2. The number of fused-ring (bicyclic) bond motifs is 1. The molecule has 2 N–H and O–H groups in total. The molecule has 0 saturated carbocycles. The average molecular weight is 383 g/mol. The SMILES string of the molecule is NC(Cc1ccc(I)cc1)C1CCCc2sccc21. The molecule has 2 unspecified atom stereocenters. The van der Waals surface area contributed by atoms with Crippen molar-refractivity contribution in [1.29, 1.82) is 0 Å². The van der Waals surface area contributed by atoms with Crippen LogP contribution in [0.2, 0.25) is 0 Å². The van der Waals surface area contributed by atoms with Crippen LogP contribution in [0, 0.1) is 3.57 Å². The lowest BCUT2D eigenvalue weighted by Crippen LogP contribution is -2.32. The van der Waals surface area contributed by atoms with E-state index in [0.717, 1.165) is 6.42 Å². The van der Waals surface area contributed by atoms with E-state index in [2.05, 4.69) is 58.3 Å². The molecule has 0 aliphatic heterocycles. The summed E-state index contributed by atoms with van der Waals surface area (Å²) in [7, 11) is 0. The molecular formula is C16H18INS. The molecule has 3 heteroatoms. The Labute approximate surface area is 132 Å². The summed E-state index contributed by atoms with van der Waals surface area (Å²) in [6, 6.07) is 11.3. The maximum Gasteiger partial charge on any atom is 0.0149 e. The molecule has 0 amide bonds. The van der Waals surface area contributed by atoms with Crippen LogP contribution in [-0.2, 0) is 12.8 Å². The van der Waals surface area contributed by atoms with E-state index in [1.165, 1.54) is 34.0 Å². The number of aryl methyl sites for hydroxylation is 1. The maximum atomic E-state index is 6.50. The van der Waals surface area contributed by atoms with E-state index in [1.54, 1.807) is 4.88 Å². The van der Waals surface area contributed by atoms with Crippen LogP contribution < -0.4 is 5.73 Å². The molecule has 0 bridgehead atoms. The third-order valence-electron chi connectivity index (χ3n) is 4.00. The van der Waals surface area contributed by atoms with E-state index in [4.69, 9.17) is 5.73 Å². The van der Waals surface area contributed by atoms with Crippen LogP contribution in [0.4, 0.5) is 0 Å². The lowest BCUT2D eigenvalue weighted by molar-refractivity contribution is 0.464. The van der Waals surface area contributed by atoms with Gasteiger partial charge in [0.15, 0.2) is 0 Å². The number of benzene rings is 1. The average Bonchev–Trinajstić information content (AvgIpc) is 2.89. The van der Waals surface area contributed by atoms with Crippen molar-refractivity contribution < 1.29 is 0 Å². The van der Waals surface area contributed by atoms with Crippen LogP contribution in [0.3, 0.4) is 0 Å². The van der Waals surface area contributed by atoms with Crippen LogP contribution in [0.25, 0.3) is 0 Å². The Bertz CT molecular complexity index is 546. The van der Waals surface area contributed by atoms with E-state index in [-0.39, 0.29) is 6.04 Å². The highest BCUT2D eigenvalue weighted by atomic mass is 127. The van der Waals surface area contributed by atoms with Crippen molar-refractivity contribution in [3.8, 4) is 0 Å². The Morgan fingerprint density at radius 3 is 2.84 bits per heavy atom. The molecule has 2 aromatic rings. The largest absolute Gasteiger partial charge is 0.327 e. The first-order valence-electron chi connectivity index (χ1n) is 6.80. The molecule has 1 nitrogen and oxygen atoms in total. The first kappa shape index (κ1) is 13.6. The molecule has 1 aromatic heterocycles. The molecule has 100 valence electrons. The van der Waals surface area contributed by atoms with Crippen LogP contribution >= 0.6 is 33.9 Å². The van der Waals surface area contributed by atoms with Gasteiger partial charge < -0.3 is 5.73 Å². The quantitative estimate of drug-likeness (QED) is 0.784. The molecule has 1 aliphatic rings. The zero-order valence-corrected chi connectivity index (χ0v) is 13.8. The first-order valence-corrected chi connectivity index (χ1v) is 8.76. The fourth-order valence-electron chi connectivity index (χ4n) is 3.00. The number of hydrogen-bond donors (Lipinski definition) is 1. The Morgan fingerprint density at radius 2 is 2.05 bits per heavy atom. The lowest BCUT2D eigenvalue weighted by atomic mass is 9.81. The molecule has 3 rings (SSSR count). The van der Waals surface area contributed by atoms with E-state index < -0.39 is 0 Å². The second-order valence-corrected chi connectivity index (χ2v) is 7.54. The molecule has 0 spiro atoms. The summed E-state index contributed by atoms with van der Waals surface area (Å²) in [5.74, 6) is 0.550. The second-order valence-electron chi connectivity index (χ2n) is 5.29. The minimum Gasteiger partial charge on any atom is -0.327 e. The fourth-order valence-corrected chi connectivity index (χ4v) is 4.36. The summed E-state index contributed by atoms with van der Waals surface area (Å²) in [6.07, 6.45) is 4.77. The van der Waals surface area contributed by atoms with Crippen molar-refractivity contribution in [1.82, 2.24) is 0 Å². The molecule has 0 fully saturated rings. The zero-order chi connectivity index (χ0) is 13.2. The number of nitrogens with two attached hydrogens (primary N) is 1. The summed E-state index contributed by atoms with van der Waals surface area (Å²) in [5, 5.41) is 2.22. The topological polar surface area (TPSA) is 26.0 Å². The summed E-state index contributed by atoms with van der Waals surface area (Å²) < 4.78 is 1.28. The molecule has 2 atom stereocenters. The predicted octanol–water partition coefficient (Wildman–Crippen LogP) is 4.34. The van der Waals surface area contributed by atoms with Crippen LogP contribution in [-0.4, -0.2) is 6.04 Å². The van der Waals surface area contributed by atoms with Gasteiger partial charge in [-0.05, 0) is 83.0 Å². The smallest absolute Gasteiger partial charge is 0.0149 e. The first-order chi connectivity index (χ1) is 9.24. The van der Waals surface area contributed by atoms with Crippen LogP contribution in [0.1, 0.15) is 34.8 Å². The molecule has 1 heterocycles. The minimum atomic E-state index is 0.244. The van der Waals surface area contributed by atoms with Gasteiger partial charge in [0, 0.05) is 20.4 Å². The van der Waals surface area contributed by atoms with Gasteiger partial charge in [0.05, 0.1) is 0 Å². The van der Waals surface area contributed by atoms with Crippen molar-refractivity contribution in [3.63, 3.8) is 0 Å². The Kier molecular flexibility index (Phi) is 4.24. The summed E-state index contributed by atoms with van der Waals surface area (Å²) in [6.45, 7) is 0. The number of rotatable bonds is 3. The van der Waals surface area contributed by atoms with Gasteiger partial charge in [-0.25, -0.2) is 0 Å². The highest BCUT2D eigenvalue weighted by Gasteiger charge is 2.26. The molecule has 0 saturated heterocycles. The molecule has 1 aliphatic carbocycles. The number of hydrogen-bond acceptors (Lipinski definition) is 2. The second kappa shape index (κ2) is 5.94. The van der Waals surface area contributed by atoms with E-state index in [9.17, 15) is 0 Å². The lowest BCUT2D eigenvalue weighted by Gasteiger charge is -2.28. The summed E-state index contributed by atoms with van der Waals surface area (Å²) >= 11 is 4.24. The van der Waals surface area contributed by atoms with Crippen molar-refractivity contribution in [2.75, 3.05) is 0 Å². The van der Waals surface area contributed by atoms with Crippen molar-refractivity contribution >= 4 is 33.9 Å². The van der Waals surface area contributed by atoms with Gasteiger partial charge in [-0.2, -0.15) is 0 Å². The normalized spacial score (nSPS) is 20.0. The van der Waals surface area contributed by atoms with Gasteiger partial charge in [-0.1, -0.05) is 12.1 Å². The monoisotopic (exact) mass is 383 g/mol. The Morgan fingerprint density at radius 1 is 1.26 bits per heavy atom. The Balaban J connectivity index is 1.75. The molecule has 19 heavy (non-hydrogen) atoms. The third-order valence-corrected chi connectivity index (χ3v) is 5.72. The van der Waals surface area contributed by atoms with E-state index >= 15 is 0 Å². The van der Waals surface area contributed by atoms with Crippen molar-refractivity contribution in [2.24, 2.45) is 5.73 Å². The van der Waals surface area contributed by atoms with Gasteiger partial charge >= 0.3 is 0 Å². The third kappa shape index (κ3) is 3.03. The number of halogens is 1. The highest BCUT2D eigenvalue weighted by Crippen LogP contribution is 2.37. The van der Waals surface area contributed by atoms with Gasteiger partial charge in [0.1, 0.15) is 0 Å². The van der Waals surface area contributed by atoms with E-state index in [0.29, 0.717) is 5.92 Å². The van der Waals surface area contributed by atoms with Crippen molar-refractivity contribution in [3.05, 3.63) is 55.3 Å². The summed E-state index contributed by atoms with van der Waals surface area (Å²) in [5.41, 5.74) is 9.37. The van der Waals surface area contributed by atoms with Gasteiger partial charge in [-0.15, -0.1) is 11.3 Å². The predicted molar refractivity (Wildman–Crippen MR) is 90.8 cm³/mol. The highest BCUT2D eigenvalue weighted by molar-refractivity contribution is 14.1. The fraction of sp³-hybridized carbons (Fsp3) is 0.375. The Hall–Kier alpha value is -0.390. The molecule has 1 aromatic carbocycles. The molecular weight excluding hydrogens is 365 g/mol. The maximum absolute atomic E-state index is 6.50.